The summed E-state index contributed by atoms with van der Waals surface area (Å²) in [4.78, 5) is 0. The normalized spacial score (nSPS) is 33.6. The lowest BCUT2D eigenvalue weighted by atomic mass is 9.81. The van der Waals surface area contributed by atoms with Crippen LogP contribution in [0.2, 0.25) is 0 Å². The SMILES string of the molecule is CC1OCC1CC(C)(C)C. The first-order valence-electron chi connectivity index (χ1n) is 4.11. The Hall–Kier alpha value is -0.0400. The molecule has 0 aliphatic carbocycles. The maximum absolute atomic E-state index is 5.29. The minimum atomic E-state index is 0.475. The summed E-state index contributed by atoms with van der Waals surface area (Å²) in [5.74, 6) is 0.819. The van der Waals surface area contributed by atoms with Crippen LogP contribution in [0, 0.1) is 11.3 Å². The molecule has 0 spiro atoms. The van der Waals surface area contributed by atoms with Crippen LogP contribution >= 0.6 is 0 Å². The summed E-state index contributed by atoms with van der Waals surface area (Å²) in [6.07, 6.45) is 1.81. The smallest absolute Gasteiger partial charge is 0.0597 e. The molecule has 1 heterocycles. The number of ether oxygens (including phenoxy) is 1. The van der Waals surface area contributed by atoms with E-state index in [0.717, 1.165) is 12.5 Å². The van der Waals surface area contributed by atoms with Crippen LogP contribution < -0.4 is 0 Å². The summed E-state index contributed by atoms with van der Waals surface area (Å²) in [7, 11) is 0. The topological polar surface area (TPSA) is 9.23 Å². The van der Waals surface area contributed by atoms with Crippen LogP contribution in [0.25, 0.3) is 0 Å². The molecular formula is C9H18O. The molecule has 2 atom stereocenters. The Bertz CT molecular complexity index is 112. The predicted octanol–water partition coefficient (Wildman–Crippen LogP) is 2.46. The van der Waals surface area contributed by atoms with E-state index < -0.39 is 0 Å². The van der Waals surface area contributed by atoms with E-state index in [2.05, 4.69) is 27.7 Å². The van der Waals surface area contributed by atoms with Crippen molar-refractivity contribution >= 4 is 0 Å². The Morgan fingerprint density at radius 2 is 2.00 bits per heavy atom. The van der Waals surface area contributed by atoms with Crippen LogP contribution in [0.3, 0.4) is 0 Å². The van der Waals surface area contributed by atoms with Gasteiger partial charge in [0.1, 0.15) is 0 Å². The zero-order valence-electron chi connectivity index (χ0n) is 7.48. The molecule has 1 rings (SSSR count). The van der Waals surface area contributed by atoms with E-state index in [4.69, 9.17) is 4.74 Å². The molecule has 1 aliphatic heterocycles. The Morgan fingerprint density at radius 1 is 1.40 bits per heavy atom. The molecule has 0 amide bonds. The van der Waals surface area contributed by atoms with Crippen LogP contribution in [-0.2, 0) is 4.74 Å². The Morgan fingerprint density at radius 3 is 2.10 bits per heavy atom. The predicted molar refractivity (Wildman–Crippen MR) is 43.0 cm³/mol. The molecule has 2 unspecified atom stereocenters. The van der Waals surface area contributed by atoms with Gasteiger partial charge in [-0.3, -0.25) is 0 Å². The lowest BCUT2D eigenvalue weighted by Gasteiger charge is -2.38. The summed E-state index contributed by atoms with van der Waals surface area (Å²) in [5.41, 5.74) is 0.475. The molecule has 1 fully saturated rings. The molecule has 0 aromatic heterocycles. The quantitative estimate of drug-likeness (QED) is 0.546. The third kappa shape index (κ3) is 1.98. The van der Waals surface area contributed by atoms with E-state index in [1.165, 1.54) is 6.42 Å². The highest BCUT2D eigenvalue weighted by molar-refractivity contribution is 4.79. The summed E-state index contributed by atoms with van der Waals surface area (Å²) >= 11 is 0. The van der Waals surface area contributed by atoms with Crippen molar-refractivity contribution < 1.29 is 4.74 Å². The second-order valence-electron chi connectivity index (χ2n) is 4.56. The molecule has 10 heavy (non-hydrogen) atoms. The third-order valence-corrected chi connectivity index (χ3v) is 2.11. The molecule has 0 N–H and O–H groups in total. The fraction of sp³-hybridized carbons (Fsp3) is 1.00. The molecule has 60 valence electrons. The molecule has 0 bridgehead atoms. The van der Waals surface area contributed by atoms with Gasteiger partial charge in [0.05, 0.1) is 12.7 Å². The zero-order valence-corrected chi connectivity index (χ0v) is 7.48. The fourth-order valence-electron chi connectivity index (χ4n) is 1.44. The van der Waals surface area contributed by atoms with Crippen molar-refractivity contribution in [1.29, 1.82) is 0 Å². The van der Waals surface area contributed by atoms with Crippen molar-refractivity contribution in [3.63, 3.8) is 0 Å². The summed E-state index contributed by atoms with van der Waals surface area (Å²) in [6.45, 7) is 10.0. The molecule has 1 saturated heterocycles. The van der Waals surface area contributed by atoms with Crippen molar-refractivity contribution in [1.82, 2.24) is 0 Å². The standard InChI is InChI=1S/C9H18O/c1-7-8(6-10-7)5-9(2,3)4/h7-8H,5-6H2,1-4H3. The maximum atomic E-state index is 5.29. The van der Waals surface area contributed by atoms with Gasteiger partial charge in [0.2, 0.25) is 0 Å². The second-order valence-corrected chi connectivity index (χ2v) is 4.56. The molecule has 0 saturated carbocycles. The zero-order chi connectivity index (χ0) is 7.78. The van der Waals surface area contributed by atoms with Crippen LogP contribution in [0.15, 0.2) is 0 Å². The maximum Gasteiger partial charge on any atom is 0.0597 e. The first-order valence-corrected chi connectivity index (χ1v) is 4.11. The van der Waals surface area contributed by atoms with Crippen molar-refractivity contribution in [2.45, 2.75) is 40.2 Å². The average molecular weight is 142 g/mol. The molecule has 1 heteroatoms. The first-order chi connectivity index (χ1) is 4.49. The lowest BCUT2D eigenvalue weighted by Crippen LogP contribution is -2.39. The second kappa shape index (κ2) is 2.54. The Labute approximate surface area is 63.8 Å². The number of hydrogen-bond acceptors (Lipinski definition) is 1. The van der Waals surface area contributed by atoms with Gasteiger partial charge in [0.25, 0.3) is 0 Å². The highest BCUT2D eigenvalue weighted by Gasteiger charge is 2.31. The summed E-state index contributed by atoms with van der Waals surface area (Å²) in [6, 6.07) is 0. The van der Waals surface area contributed by atoms with Gasteiger partial charge in [-0.25, -0.2) is 0 Å². The van der Waals surface area contributed by atoms with E-state index in [-0.39, 0.29) is 0 Å². The molecule has 1 aliphatic rings. The lowest BCUT2D eigenvalue weighted by molar-refractivity contribution is -0.115. The van der Waals surface area contributed by atoms with E-state index in [0.29, 0.717) is 11.5 Å². The van der Waals surface area contributed by atoms with Crippen LogP contribution in [0.5, 0.6) is 0 Å². The van der Waals surface area contributed by atoms with E-state index in [1.54, 1.807) is 0 Å². The van der Waals surface area contributed by atoms with Gasteiger partial charge in [-0.1, -0.05) is 20.8 Å². The van der Waals surface area contributed by atoms with E-state index >= 15 is 0 Å². The van der Waals surface area contributed by atoms with Gasteiger partial charge in [0, 0.05) is 5.92 Å². The van der Waals surface area contributed by atoms with Gasteiger partial charge >= 0.3 is 0 Å². The van der Waals surface area contributed by atoms with Crippen LogP contribution in [0.4, 0.5) is 0 Å². The monoisotopic (exact) mass is 142 g/mol. The molecule has 1 nitrogen and oxygen atoms in total. The number of rotatable bonds is 1. The van der Waals surface area contributed by atoms with Crippen molar-refractivity contribution in [2.24, 2.45) is 11.3 Å². The minimum absolute atomic E-state index is 0.475. The van der Waals surface area contributed by atoms with Crippen LogP contribution in [0.1, 0.15) is 34.1 Å². The number of hydrogen-bond donors (Lipinski definition) is 0. The highest BCUT2D eigenvalue weighted by atomic mass is 16.5. The van der Waals surface area contributed by atoms with E-state index in [1.807, 2.05) is 0 Å². The van der Waals surface area contributed by atoms with Gasteiger partial charge in [-0.05, 0) is 18.8 Å². The highest BCUT2D eigenvalue weighted by Crippen LogP contribution is 2.32. The largest absolute Gasteiger partial charge is 0.378 e. The molecule has 0 aromatic rings. The van der Waals surface area contributed by atoms with Crippen molar-refractivity contribution in [3.05, 3.63) is 0 Å². The summed E-state index contributed by atoms with van der Waals surface area (Å²) in [5, 5.41) is 0. The van der Waals surface area contributed by atoms with E-state index in [9.17, 15) is 0 Å². The van der Waals surface area contributed by atoms with Crippen molar-refractivity contribution in [3.8, 4) is 0 Å². The summed E-state index contributed by atoms with van der Waals surface area (Å²) < 4.78 is 5.29. The molecule has 0 radical (unpaired) electrons. The van der Waals surface area contributed by atoms with Gasteiger partial charge in [-0.15, -0.1) is 0 Å². The first kappa shape index (κ1) is 8.06. The van der Waals surface area contributed by atoms with Gasteiger partial charge < -0.3 is 4.74 Å². The van der Waals surface area contributed by atoms with Crippen molar-refractivity contribution in [2.75, 3.05) is 6.61 Å². The Balaban J connectivity index is 2.26. The minimum Gasteiger partial charge on any atom is -0.378 e. The van der Waals surface area contributed by atoms with Gasteiger partial charge in [0.15, 0.2) is 0 Å². The third-order valence-electron chi connectivity index (χ3n) is 2.11. The van der Waals surface area contributed by atoms with Crippen LogP contribution in [-0.4, -0.2) is 12.7 Å². The molecule has 0 aromatic carbocycles. The Kier molecular flexibility index (Phi) is 2.04. The van der Waals surface area contributed by atoms with Gasteiger partial charge in [-0.2, -0.15) is 0 Å². The average Bonchev–Trinajstić information content (AvgIpc) is 1.78. The fourth-order valence-corrected chi connectivity index (χ4v) is 1.44. The molecular weight excluding hydrogens is 124 g/mol.